The molecule has 8 aromatic rings. The lowest BCUT2D eigenvalue weighted by Crippen LogP contribution is -2.10. The smallest absolute Gasteiger partial charge is 0.135 e. The molecule has 10 rings (SSSR count). The molecule has 0 fully saturated rings. The van der Waals surface area contributed by atoms with Crippen LogP contribution < -0.4 is 0 Å². The third-order valence-electron chi connectivity index (χ3n) is 10.3. The summed E-state index contributed by atoms with van der Waals surface area (Å²) < 4.78 is 6.28. The molecule has 0 N–H and O–H groups in total. The van der Waals surface area contributed by atoms with Gasteiger partial charge in [-0.3, -0.25) is 4.98 Å². The molecular weight excluding hydrogens is 595 g/mol. The summed E-state index contributed by atoms with van der Waals surface area (Å²) in [4.78, 5) is 5.01. The summed E-state index contributed by atoms with van der Waals surface area (Å²) in [6.45, 7) is 0. The normalized spacial score (nSPS) is 15.0. The second kappa shape index (κ2) is 11.2. The van der Waals surface area contributed by atoms with Gasteiger partial charge in [-0.1, -0.05) is 140 Å². The van der Waals surface area contributed by atoms with Crippen molar-refractivity contribution in [1.29, 1.82) is 0 Å². The first kappa shape index (κ1) is 27.8. The van der Waals surface area contributed by atoms with Gasteiger partial charge >= 0.3 is 0 Å². The van der Waals surface area contributed by atoms with Gasteiger partial charge in [-0.25, -0.2) is 0 Å². The van der Waals surface area contributed by atoms with Crippen LogP contribution in [0.4, 0.5) is 0 Å². The number of hydrogen-bond acceptors (Lipinski definition) is 2. The van der Waals surface area contributed by atoms with Gasteiger partial charge in [0.1, 0.15) is 11.3 Å². The molecule has 0 amide bonds. The van der Waals surface area contributed by atoms with Crippen molar-refractivity contribution in [1.82, 2.24) is 4.98 Å². The molecule has 0 saturated heterocycles. The molecule has 0 bridgehead atoms. The van der Waals surface area contributed by atoms with E-state index < -0.39 is 0 Å². The number of furan rings is 1. The Labute approximate surface area is 285 Å². The summed E-state index contributed by atoms with van der Waals surface area (Å²) in [5.41, 5.74) is 12.9. The Balaban J connectivity index is 0.997. The largest absolute Gasteiger partial charge is 0.456 e. The summed E-state index contributed by atoms with van der Waals surface area (Å²) in [5.74, 6) is 1.42. The quantitative estimate of drug-likeness (QED) is 0.182. The number of nitrogens with zero attached hydrogens (tertiary/aromatic N) is 1. The summed E-state index contributed by atoms with van der Waals surface area (Å²) >= 11 is 0. The minimum atomic E-state index is 0.422. The fraction of sp³-hybridized carbons (Fsp3) is 0.0426. The van der Waals surface area contributed by atoms with E-state index in [4.69, 9.17) is 9.40 Å². The number of rotatable bonds is 4. The molecule has 49 heavy (non-hydrogen) atoms. The van der Waals surface area contributed by atoms with Crippen LogP contribution in [-0.4, -0.2) is 4.98 Å². The Hall–Kier alpha value is -6.25. The van der Waals surface area contributed by atoms with Crippen LogP contribution in [0.1, 0.15) is 11.3 Å². The zero-order valence-corrected chi connectivity index (χ0v) is 26.8. The first-order valence-electron chi connectivity index (χ1n) is 17.0. The molecule has 0 spiro atoms. The molecular formula is C47H31NO. The van der Waals surface area contributed by atoms with Gasteiger partial charge in [-0.15, -0.1) is 0 Å². The van der Waals surface area contributed by atoms with Gasteiger partial charge < -0.3 is 4.42 Å². The predicted octanol–water partition coefficient (Wildman–Crippen LogP) is 12.5. The number of aromatic nitrogens is 1. The first-order chi connectivity index (χ1) is 24.3. The van der Waals surface area contributed by atoms with Gasteiger partial charge in [0, 0.05) is 34.2 Å². The van der Waals surface area contributed by atoms with Crippen LogP contribution in [0, 0.1) is 5.92 Å². The highest BCUT2D eigenvalue weighted by atomic mass is 16.3. The van der Waals surface area contributed by atoms with Crippen LogP contribution in [-0.2, 0) is 6.42 Å². The highest BCUT2D eigenvalue weighted by molar-refractivity contribution is 6.21. The second-order valence-electron chi connectivity index (χ2n) is 13.1. The zero-order valence-electron chi connectivity index (χ0n) is 26.8. The third kappa shape index (κ3) is 4.60. The van der Waals surface area contributed by atoms with Crippen molar-refractivity contribution in [3.63, 3.8) is 0 Å². The van der Waals surface area contributed by atoms with Crippen LogP contribution >= 0.6 is 0 Å². The molecule has 2 heteroatoms. The van der Waals surface area contributed by atoms with Gasteiger partial charge in [-0.2, -0.15) is 0 Å². The maximum atomic E-state index is 6.28. The molecule has 2 aromatic heterocycles. The number of pyridine rings is 1. The standard InChI is InChI=1S/C47H31NO/c1-2-10-32(11-3-1)46-37-14-6-8-16-39(37)47(40-17-9-7-15-38(40)46)36-22-24-43(48-29-36)31-20-18-30(19-21-31)35-23-25-44-41(27-35)42-26-33-12-4-5-13-34(33)28-45(42)49-44/h1-25,27-29,33H,26H2. The van der Waals surface area contributed by atoms with Crippen molar-refractivity contribution >= 4 is 38.6 Å². The fourth-order valence-corrected chi connectivity index (χ4v) is 7.89. The lowest BCUT2D eigenvalue weighted by Gasteiger charge is -2.20. The van der Waals surface area contributed by atoms with Gasteiger partial charge in [0.25, 0.3) is 0 Å². The van der Waals surface area contributed by atoms with Crippen molar-refractivity contribution in [2.75, 3.05) is 0 Å². The van der Waals surface area contributed by atoms with E-state index >= 15 is 0 Å². The monoisotopic (exact) mass is 625 g/mol. The van der Waals surface area contributed by atoms with Gasteiger partial charge in [0.2, 0.25) is 0 Å². The maximum Gasteiger partial charge on any atom is 0.135 e. The first-order valence-corrected chi connectivity index (χ1v) is 17.0. The summed E-state index contributed by atoms with van der Waals surface area (Å²) in [6.07, 6.45) is 14.0. The van der Waals surface area contributed by atoms with Crippen molar-refractivity contribution in [3.05, 3.63) is 181 Å². The molecule has 0 radical (unpaired) electrons. The number of benzene rings is 6. The number of allylic oxidation sites excluding steroid dienone is 5. The van der Waals surface area contributed by atoms with E-state index in [1.807, 2.05) is 6.20 Å². The summed E-state index contributed by atoms with van der Waals surface area (Å²) in [6, 6.07) is 47.9. The Morgan fingerprint density at radius 3 is 1.86 bits per heavy atom. The number of fused-ring (bicyclic) bond motifs is 6. The molecule has 0 aliphatic heterocycles. The van der Waals surface area contributed by atoms with Crippen LogP contribution in [0.2, 0.25) is 0 Å². The average molecular weight is 626 g/mol. The van der Waals surface area contributed by atoms with E-state index in [9.17, 15) is 0 Å². The minimum Gasteiger partial charge on any atom is -0.456 e. The van der Waals surface area contributed by atoms with Crippen LogP contribution in [0.15, 0.2) is 174 Å². The average Bonchev–Trinajstić information content (AvgIpc) is 3.53. The van der Waals surface area contributed by atoms with Gasteiger partial charge in [0.05, 0.1) is 5.69 Å². The Bertz CT molecular complexity index is 2600. The lowest BCUT2D eigenvalue weighted by atomic mass is 9.83. The molecule has 1 atom stereocenters. The zero-order chi connectivity index (χ0) is 32.3. The Kier molecular flexibility index (Phi) is 6.35. The maximum absolute atomic E-state index is 6.28. The van der Waals surface area contributed by atoms with E-state index in [2.05, 4.69) is 164 Å². The second-order valence-corrected chi connectivity index (χ2v) is 13.1. The highest BCUT2D eigenvalue weighted by Gasteiger charge is 2.24. The van der Waals surface area contributed by atoms with Crippen LogP contribution in [0.25, 0.3) is 83.2 Å². The lowest BCUT2D eigenvalue weighted by molar-refractivity contribution is 0.586. The van der Waals surface area contributed by atoms with Crippen LogP contribution in [0.3, 0.4) is 0 Å². The predicted molar refractivity (Wildman–Crippen MR) is 204 cm³/mol. The van der Waals surface area contributed by atoms with Crippen LogP contribution in [0.5, 0.6) is 0 Å². The topological polar surface area (TPSA) is 26.0 Å². The van der Waals surface area contributed by atoms with E-state index in [1.54, 1.807) is 0 Å². The van der Waals surface area contributed by atoms with Crippen molar-refractivity contribution in [2.24, 2.45) is 5.92 Å². The SMILES string of the molecule is C1=CC2=Cc3oc4ccc(-c5ccc(-c6ccc(-c7c8ccccc8c(-c8ccccc8)c8ccccc78)cn6)cc5)cc4c3CC2C=C1. The van der Waals surface area contributed by atoms with E-state index in [0.717, 1.165) is 34.6 Å². The molecule has 2 aliphatic rings. The molecule has 6 aromatic carbocycles. The molecule has 2 nitrogen and oxygen atoms in total. The minimum absolute atomic E-state index is 0.422. The summed E-state index contributed by atoms with van der Waals surface area (Å²) in [7, 11) is 0. The third-order valence-corrected chi connectivity index (χ3v) is 10.3. The molecule has 0 saturated carbocycles. The molecule has 230 valence electrons. The van der Waals surface area contributed by atoms with Gasteiger partial charge in [-0.05, 0) is 85.6 Å². The molecule has 2 heterocycles. The van der Waals surface area contributed by atoms with Gasteiger partial charge in [0.15, 0.2) is 0 Å². The van der Waals surface area contributed by atoms with E-state index in [-0.39, 0.29) is 0 Å². The number of hydrogen-bond donors (Lipinski definition) is 0. The van der Waals surface area contributed by atoms with E-state index in [0.29, 0.717) is 5.92 Å². The highest BCUT2D eigenvalue weighted by Crippen LogP contribution is 2.44. The van der Waals surface area contributed by atoms with E-state index in [1.165, 1.54) is 65.9 Å². The Morgan fingerprint density at radius 2 is 1.16 bits per heavy atom. The van der Waals surface area contributed by atoms with Crippen molar-refractivity contribution in [3.8, 4) is 44.6 Å². The fourth-order valence-electron chi connectivity index (χ4n) is 7.89. The summed E-state index contributed by atoms with van der Waals surface area (Å²) in [5, 5.41) is 6.18. The molecule has 1 unspecified atom stereocenters. The van der Waals surface area contributed by atoms with Crippen molar-refractivity contribution in [2.45, 2.75) is 6.42 Å². The van der Waals surface area contributed by atoms with Crippen molar-refractivity contribution < 1.29 is 4.42 Å². The molecule has 2 aliphatic carbocycles. The Morgan fingerprint density at radius 1 is 0.531 bits per heavy atom.